The summed E-state index contributed by atoms with van der Waals surface area (Å²) in [7, 11) is 2.09. The Labute approximate surface area is 160 Å². The van der Waals surface area contributed by atoms with Crippen molar-refractivity contribution in [2.45, 2.75) is 44.6 Å². The molecular weight excluding hydrogens is 342 g/mol. The van der Waals surface area contributed by atoms with Crippen LogP contribution in [0.5, 0.6) is 0 Å². The molecule has 0 aromatic carbocycles. The van der Waals surface area contributed by atoms with E-state index in [1.54, 1.807) is 12.4 Å². The van der Waals surface area contributed by atoms with Gasteiger partial charge in [-0.15, -0.1) is 0 Å². The monoisotopic (exact) mass is 371 g/mol. The average Bonchev–Trinajstić information content (AvgIpc) is 3.23. The highest BCUT2D eigenvalue weighted by molar-refractivity contribution is 5.92. The van der Waals surface area contributed by atoms with Crippen LogP contribution < -0.4 is 0 Å². The third-order valence-corrected chi connectivity index (χ3v) is 6.69. The lowest BCUT2D eigenvalue weighted by molar-refractivity contribution is -0.145. The molecule has 2 amide bonds. The summed E-state index contributed by atoms with van der Waals surface area (Å²) in [6.07, 6.45) is 10.9. The number of aromatic nitrogens is 2. The van der Waals surface area contributed by atoms with E-state index >= 15 is 0 Å². The second-order valence-electron chi connectivity index (χ2n) is 8.26. The number of carbonyl (C=O) groups is 2. The smallest absolute Gasteiger partial charge is 0.274 e. The maximum Gasteiger partial charge on any atom is 0.274 e. The van der Waals surface area contributed by atoms with Gasteiger partial charge in [-0.25, -0.2) is 4.98 Å². The molecule has 1 aromatic rings. The number of nitrogens with zero attached hydrogens (tertiary/aromatic N) is 5. The predicted molar refractivity (Wildman–Crippen MR) is 101 cm³/mol. The van der Waals surface area contributed by atoms with Gasteiger partial charge in [-0.2, -0.15) is 0 Å². The largest absolute Gasteiger partial charge is 0.341 e. The lowest BCUT2D eigenvalue weighted by atomic mass is 9.66. The van der Waals surface area contributed by atoms with Gasteiger partial charge in [0.05, 0.1) is 12.2 Å². The molecule has 3 fully saturated rings. The van der Waals surface area contributed by atoms with Crippen LogP contribution in [0.25, 0.3) is 0 Å². The van der Waals surface area contributed by atoms with E-state index in [0.29, 0.717) is 24.7 Å². The number of hydrogen-bond acceptors (Lipinski definition) is 5. The molecule has 4 rings (SSSR count). The van der Waals surface area contributed by atoms with Crippen molar-refractivity contribution in [3.05, 3.63) is 24.3 Å². The van der Waals surface area contributed by atoms with E-state index in [1.807, 2.05) is 4.90 Å². The van der Waals surface area contributed by atoms with Crippen molar-refractivity contribution in [1.29, 1.82) is 0 Å². The normalized spacial score (nSPS) is 25.7. The van der Waals surface area contributed by atoms with Crippen LogP contribution in [0.1, 0.15) is 49.0 Å². The van der Waals surface area contributed by atoms with Gasteiger partial charge >= 0.3 is 0 Å². The quantitative estimate of drug-likeness (QED) is 0.786. The van der Waals surface area contributed by atoms with Gasteiger partial charge < -0.3 is 9.80 Å². The second kappa shape index (κ2) is 7.54. The molecule has 0 aliphatic carbocycles. The first-order valence-corrected chi connectivity index (χ1v) is 10.2. The van der Waals surface area contributed by atoms with Gasteiger partial charge in [0, 0.05) is 38.6 Å². The van der Waals surface area contributed by atoms with Gasteiger partial charge in [0.15, 0.2) is 0 Å². The fraction of sp³-hybridized carbons (Fsp3) is 0.700. The Morgan fingerprint density at radius 1 is 0.963 bits per heavy atom. The van der Waals surface area contributed by atoms with Crippen LogP contribution in [-0.4, -0.2) is 82.3 Å². The molecule has 7 nitrogen and oxygen atoms in total. The molecule has 3 aliphatic heterocycles. The summed E-state index contributed by atoms with van der Waals surface area (Å²) < 4.78 is 0. The fourth-order valence-corrected chi connectivity index (χ4v) is 5.22. The van der Waals surface area contributed by atoms with E-state index in [-0.39, 0.29) is 17.4 Å². The minimum atomic E-state index is -0.0514. The molecule has 0 N–H and O–H groups in total. The first-order chi connectivity index (χ1) is 13.1. The summed E-state index contributed by atoms with van der Waals surface area (Å²) in [5.74, 6) is 0.257. The van der Waals surface area contributed by atoms with Gasteiger partial charge in [-0.05, 0) is 57.5 Å². The van der Waals surface area contributed by atoms with Gasteiger partial charge in [0.25, 0.3) is 5.91 Å². The summed E-state index contributed by atoms with van der Waals surface area (Å²) in [6, 6.07) is -0.0434. The van der Waals surface area contributed by atoms with Crippen molar-refractivity contribution < 1.29 is 9.59 Å². The van der Waals surface area contributed by atoms with Crippen LogP contribution in [0, 0.1) is 5.41 Å². The molecule has 0 radical (unpaired) electrons. The topological polar surface area (TPSA) is 69.6 Å². The minimum absolute atomic E-state index is 0.00812. The van der Waals surface area contributed by atoms with Crippen LogP contribution in [0.3, 0.4) is 0 Å². The molecule has 1 atom stereocenters. The molecule has 3 aliphatic rings. The standard InChI is InChI=1S/C20H29N5O2/c1-23-10-4-5-20(17(23)19(27)24-11-2-3-12-24)6-13-25(14-7-20)18(26)16-15-21-8-9-22-16/h8-9,15,17H,2-7,10-14H2,1H3. The van der Waals surface area contributed by atoms with E-state index < -0.39 is 0 Å². The zero-order valence-electron chi connectivity index (χ0n) is 16.1. The van der Waals surface area contributed by atoms with Crippen molar-refractivity contribution in [2.75, 3.05) is 39.8 Å². The average molecular weight is 371 g/mol. The SMILES string of the molecule is CN1CCCC2(CCN(C(=O)c3cnccn3)CC2)C1C(=O)N1CCCC1. The van der Waals surface area contributed by atoms with Crippen LogP contribution in [0.2, 0.25) is 0 Å². The Morgan fingerprint density at radius 3 is 2.37 bits per heavy atom. The highest BCUT2D eigenvalue weighted by Gasteiger charge is 2.50. The maximum atomic E-state index is 13.3. The Morgan fingerprint density at radius 2 is 1.70 bits per heavy atom. The van der Waals surface area contributed by atoms with E-state index in [4.69, 9.17) is 0 Å². The zero-order valence-corrected chi connectivity index (χ0v) is 16.1. The second-order valence-corrected chi connectivity index (χ2v) is 8.26. The maximum absolute atomic E-state index is 13.3. The molecule has 1 aromatic heterocycles. The van der Waals surface area contributed by atoms with E-state index in [2.05, 4.69) is 26.8 Å². The molecular formula is C20H29N5O2. The summed E-state index contributed by atoms with van der Waals surface area (Å²) in [4.78, 5) is 40.4. The summed E-state index contributed by atoms with van der Waals surface area (Å²) in [5, 5.41) is 0. The van der Waals surface area contributed by atoms with Crippen LogP contribution >= 0.6 is 0 Å². The minimum Gasteiger partial charge on any atom is -0.341 e. The highest BCUT2D eigenvalue weighted by Crippen LogP contribution is 2.45. The van der Waals surface area contributed by atoms with Crippen molar-refractivity contribution in [3.8, 4) is 0 Å². The van der Waals surface area contributed by atoms with E-state index in [1.165, 1.54) is 6.20 Å². The number of likely N-dealkylation sites (tertiary alicyclic amines) is 3. The van der Waals surface area contributed by atoms with Crippen molar-refractivity contribution in [1.82, 2.24) is 24.7 Å². The summed E-state index contributed by atoms with van der Waals surface area (Å²) in [6.45, 7) is 4.15. The highest BCUT2D eigenvalue weighted by atomic mass is 16.2. The Hall–Kier alpha value is -2.02. The Kier molecular flexibility index (Phi) is 5.12. The number of carbonyl (C=O) groups excluding carboxylic acids is 2. The molecule has 0 bridgehead atoms. The van der Waals surface area contributed by atoms with E-state index in [0.717, 1.165) is 58.2 Å². The third-order valence-electron chi connectivity index (χ3n) is 6.69. The van der Waals surface area contributed by atoms with Gasteiger partial charge in [-0.3, -0.25) is 19.5 Å². The zero-order chi connectivity index (χ0) is 18.9. The molecule has 3 saturated heterocycles. The fourth-order valence-electron chi connectivity index (χ4n) is 5.22. The van der Waals surface area contributed by atoms with Crippen molar-refractivity contribution >= 4 is 11.8 Å². The summed E-state index contributed by atoms with van der Waals surface area (Å²) in [5.41, 5.74) is 0.394. The number of hydrogen-bond donors (Lipinski definition) is 0. The molecule has 7 heteroatoms. The molecule has 146 valence electrons. The first-order valence-electron chi connectivity index (χ1n) is 10.2. The van der Waals surface area contributed by atoms with Gasteiger partial charge in [0.1, 0.15) is 5.69 Å². The van der Waals surface area contributed by atoms with Crippen LogP contribution in [0.15, 0.2) is 18.6 Å². The van der Waals surface area contributed by atoms with Gasteiger partial charge in [0.2, 0.25) is 5.91 Å². The molecule has 4 heterocycles. The Balaban J connectivity index is 1.49. The van der Waals surface area contributed by atoms with Crippen molar-refractivity contribution in [2.24, 2.45) is 5.41 Å². The first kappa shape index (κ1) is 18.3. The number of rotatable bonds is 2. The molecule has 27 heavy (non-hydrogen) atoms. The third kappa shape index (κ3) is 3.45. The molecule has 1 unspecified atom stereocenters. The number of amides is 2. The number of piperidine rings is 2. The predicted octanol–water partition coefficient (Wildman–Crippen LogP) is 1.42. The van der Waals surface area contributed by atoms with Crippen molar-refractivity contribution in [3.63, 3.8) is 0 Å². The van der Waals surface area contributed by atoms with E-state index in [9.17, 15) is 9.59 Å². The summed E-state index contributed by atoms with van der Waals surface area (Å²) >= 11 is 0. The van der Waals surface area contributed by atoms with Crippen LogP contribution in [-0.2, 0) is 4.79 Å². The van der Waals surface area contributed by atoms with Crippen LogP contribution in [0.4, 0.5) is 0 Å². The molecule has 1 spiro atoms. The Bertz CT molecular complexity index is 681. The molecule has 0 saturated carbocycles. The number of likely N-dealkylation sites (N-methyl/N-ethyl adjacent to an activating group) is 1. The lowest BCUT2D eigenvalue weighted by Crippen LogP contribution is -2.61. The van der Waals surface area contributed by atoms with Gasteiger partial charge in [-0.1, -0.05) is 0 Å². The lowest BCUT2D eigenvalue weighted by Gasteiger charge is -2.52.